The van der Waals surface area contributed by atoms with Crippen molar-refractivity contribution in [2.75, 3.05) is 38.6 Å². The molecule has 3 atom stereocenters. The predicted octanol–water partition coefficient (Wildman–Crippen LogP) is 4.53. The molecule has 3 unspecified atom stereocenters. The normalized spacial score (nSPS) is 23.4. The number of halogens is 1. The predicted molar refractivity (Wildman–Crippen MR) is 134 cm³/mol. The van der Waals surface area contributed by atoms with Crippen molar-refractivity contribution < 1.29 is 9.29 Å². The van der Waals surface area contributed by atoms with Gasteiger partial charge < -0.3 is 15.0 Å². The zero-order valence-electron chi connectivity index (χ0n) is 19.1. The molecule has 0 aliphatic carbocycles. The Bertz CT molecular complexity index is 996. The fraction of sp³-hybridized carbons (Fsp3) is 0.565. The molecule has 0 bridgehead atoms. The van der Waals surface area contributed by atoms with Crippen molar-refractivity contribution >= 4 is 55.2 Å². The van der Waals surface area contributed by atoms with Crippen molar-refractivity contribution in [3.63, 3.8) is 0 Å². The van der Waals surface area contributed by atoms with Gasteiger partial charge >= 0.3 is 0 Å². The van der Waals surface area contributed by atoms with Crippen LogP contribution in [0.5, 0.6) is 0 Å². The summed E-state index contributed by atoms with van der Waals surface area (Å²) in [6, 6.07) is 7.85. The van der Waals surface area contributed by atoms with E-state index in [1.807, 2.05) is 24.3 Å². The lowest BCUT2D eigenvalue weighted by Gasteiger charge is -2.39. The summed E-state index contributed by atoms with van der Waals surface area (Å²) in [5.74, 6) is 1.42. The average molecular weight is 479 g/mol. The standard InChI is InChI=1S/C23H33ClN5O2S/c1-4-5-10-19(28-11-13-31-14-12-28)23-27-20-21(29(23,32(24)30)15-16(2)3)17-8-6-7-9-18(17)26-22(20)25/h6-9,16,19H,4-5,10-15H2,1-3H3,(H2,25,26)/q+1. The molecule has 2 aromatic rings. The van der Waals surface area contributed by atoms with Crippen LogP contribution < -0.4 is 9.62 Å². The van der Waals surface area contributed by atoms with E-state index in [-0.39, 0.29) is 15.8 Å². The monoisotopic (exact) mass is 478 g/mol. The van der Waals surface area contributed by atoms with Crippen molar-refractivity contribution in [2.45, 2.75) is 46.1 Å². The molecule has 4 rings (SSSR count). The molecule has 0 radical (unpaired) electrons. The molecule has 174 valence electrons. The number of nitrogens with two attached hydrogens (primary N) is 1. The first-order valence-electron chi connectivity index (χ1n) is 11.5. The Morgan fingerprint density at radius 1 is 1.28 bits per heavy atom. The molecular weight excluding hydrogens is 446 g/mol. The van der Waals surface area contributed by atoms with Crippen molar-refractivity contribution in [1.82, 2.24) is 13.8 Å². The first kappa shape index (κ1) is 23.7. The number of morpholine rings is 1. The van der Waals surface area contributed by atoms with Crippen LogP contribution in [0, 0.1) is 5.92 Å². The molecule has 2 aliphatic rings. The summed E-state index contributed by atoms with van der Waals surface area (Å²) in [7, 11) is 4.87. The summed E-state index contributed by atoms with van der Waals surface area (Å²) < 4.78 is 19.2. The molecule has 0 saturated carbocycles. The number of hydrogen-bond acceptors (Lipinski definition) is 6. The van der Waals surface area contributed by atoms with Gasteiger partial charge in [0, 0.05) is 19.0 Å². The number of rotatable bonds is 8. The molecule has 1 aromatic heterocycles. The minimum atomic E-state index is -1.77. The van der Waals surface area contributed by atoms with Crippen molar-refractivity contribution in [3.8, 4) is 0 Å². The quantitative estimate of drug-likeness (QED) is 0.444. The summed E-state index contributed by atoms with van der Waals surface area (Å²) in [4.78, 5) is 12.1. The van der Waals surface area contributed by atoms with E-state index in [2.05, 4.69) is 30.7 Å². The van der Waals surface area contributed by atoms with Gasteiger partial charge in [-0.25, -0.2) is 4.98 Å². The minimum absolute atomic E-state index is 0.00543. The second-order valence-electron chi connectivity index (χ2n) is 9.01. The Morgan fingerprint density at radius 2 is 2.00 bits per heavy atom. The Kier molecular flexibility index (Phi) is 7.29. The number of para-hydroxylation sites is 1. The van der Waals surface area contributed by atoms with Crippen molar-refractivity contribution in [3.05, 3.63) is 24.3 Å². The van der Waals surface area contributed by atoms with Crippen LogP contribution in [0.4, 0.5) is 17.2 Å². The van der Waals surface area contributed by atoms with Gasteiger partial charge in [0.2, 0.25) is 16.4 Å². The SMILES string of the molecule is CCCCC(C1=Nc2c(N)nc3ccccc3c2[N+]1(CC(C)C)[S+]([O-])Cl)N1CCOCC1. The highest BCUT2D eigenvalue weighted by Crippen LogP contribution is 2.52. The van der Waals surface area contributed by atoms with Crippen molar-refractivity contribution in [2.24, 2.45) is 10.9 Å². The lowest BCUT2D eigenvalue weighted by Crippen LogP contribution is -2.64. The number of anilines is 1. The van der Waals surface area contributed by atoms with Crippen LogP contribution in [0.3, 0.4) is 0 Å². The van der Waals surface area contributed by atoms with Crippen LogP contribution in [0.25, 0.3) is 10.9 Å². The molecular formula is C23H33ClN5O2S+. The average Bonchev–Trinajstić information content (AvgIpc) is 3.11. The van der Waals surface area contributed by atoms with Gasteiger partial charge in [0.1, 0.15) is 12.6 Å². The Hall–Kier alpha value is -1.42. The third-order valence-corrected chi connectivity index (χ3v) is 8.02. The number of aliphatic imine (C=N–C) groups is 1. The largest absolute Gasteiger partial charge is 0.547 e. The summed E-state index contributed by atoms with van der Waals surface area (Å²) in [6.45, 7) is 10.0. The maximum absolute atomic E-state index is 13.6. The summed E-state index contributed by atoms with van der Waals surface area (Å²) in [5.41, 5.74) is 8.63. The fourth-order valence-corrected chi connectivity index (χ4v) is 6.61. The van der Waals surface area contributed by atoms with Crippen LogP contribution in [-0.4, -0.2) is 59.2 Å². The van der Waals surface area contributed by atoms with Gasteiger partial charge in [0.15, 0.2) is 11.5 Å². The maximum atomic E-state index is 13.6. The van der Waals surface area contributed by atoms with E-state index in [0.717, 1.165) is 54.8 Å². The third kappa shape index (κ3) is 4.13. The number of hydrogen-bond donors (Lipinski definition) is 1. The summed E-state index contributed by atoms with van der Waals surface area (Å²) in [5, 5.41) is 0.904. The van der Waals surface area contributed by atoms with Crippen LogP contribution >= 0.6 is 10.7 Å². The number of fused-ring (bicyclic) bond motifs is 3. The van der Waals surface area contributed by atoms with Gasteiger partial charge in [-0.15, -0.1) is 0 Å². The summed E-state index contributed by atoms with van der Waals surface area (Å²) in [6.07, 6.45) is 3.03. The van der Waals surface area contributed by atoms with Gasteiger partial charge in [-0.3, -0.25) is 4.90 Å². The number of aromatic nitrogens is 1. The van der Waals surface area contributed by atoms with E-state index < -0.39 is 10.6 Å². The van der Waals surface area contributed by atoms with E-state index in [1.165, 1.54) is 0 Å². The first-order valence-corrected chi connectivity index (χ1v) is 13.4. The molecule has 1 fully saturated rings. The summed E-state index contributed by atoms with van der Waals surface area (Å²) >= 11 is 0. The van der Waals surface area contributed by atoms with Gasteiger partial charge in [0.25, 0.3) is 16.4 Å². The second kappa shape index (κ2) is 9.83. The molecule has 2 aliphatic heterocycles. The molecule has 9 heteroatoms. The Morgan fingerprint density at radius 3 is 2.66 bits per heavy atom. The minimum Gasteiger partial charge on any atom is -0.547 e. The van der Waals surface area contributed by atoms with Gasteiger partial charge in [-0.2, -0.15) is 4.99 Å². The Balaban J connectivity index is 1.96. The molecule has 0 spiro atoms. The van der Waals surface area contributed by atoms with E-state index in [0.29, 0.717) is 31.3 Å². The number of ether oxygens (including phenoxy) is 1. The smallest absolute Gasteiger partial charge is 0.283 e. The number of quaternary nitrogens is 1. The van der Waals surface area contributed by atoms with Crippen LogP contribution in [0.15, 0.2) is 29.3 Å². The third-order valence-electron chi connectivity index (χ3n) is 6.31. The molecule has 1 saturated heterocycles. The molecule has 7 nitrogen and oxygen atoms in total. The maximum Gasteiger partial charge on any atom is 0.283 e. The zero-order valence-corrected chi connectivity index (χ0v) is 20.7. The lowest BCUT2D eigenvalue weighted by atomic mass is 10.0. The molecule has 2 N–H and O–H groups in total. The molecule has 3 heterocycles. The number of nitrogens with zero attached hydrogens (tertiary/aromatic N) is 4. The van der Waals surface area contributed by atoms with Crippen LogP contribution in [-0.2, 0) is 15.3 Å². The van der Waals surface area contributed by atoms with Crippen LogP contribution in [0.2, 0.25) is 0 Å². The second-order valence-corrected chi connectivity index (χ2v) is 10.8. The van der Waals surface area contributed by atoms with Gasteiger partial charge in [-0.1, -0.05) is 45.7 Å². The van der Waals surface area contributed by atoms with Gasteiger partial charge in [0.05, 0.1) is 24.1 Å². The highest BCUT2D eigenvalue weighted by Gasteiger charge is 2.60. The first-order chi connectivity index (χ1) is 15.4. The number of amidine groups is 1. The van der Waals surface area contributed by atoms with Gasteiger partial charge in [-0.05, 0) is 22.4 Å². The number of pyridine rings is 1. The van der Waals surface area contributed by atoms with E-state index in [9.17, 15) is 4.55 Å². The van der Waals surface area contributed by atoms with Crippen molar-refractivity contribution in [1.29, 1.82) is 0 Å². The number of unbranched alkanes of at least 4 members (excludes halogenated alkanes) is 1. The van der Waals surface area contributed by atoms with E-state index >= 15 is 0 Å². The van der Waals surface area contributed by atoms with E-state index in [4.69, 9.17) is 26.1 Å². The van der Waals surface area contributed by atoms with Crippen LogP contribution in [0.1, 0.15) is 40.0 Å². The molecule has 32 heavy (non-hydrogen) atoms. The fourth-order valence-electron chi connectivity index (χ4n) is 4.97. The molecule has 0 amide bonds. The molecule has 1 aromatic carbocycles. The van der Waals surface area contributed by atoms with E-state index in [1.54, 1.807) is 0 Å². The zero-order chi connectivity index (χ0) is 22.9. The lowest BCUT2D eigenvalue weighted by molar-refractivity contribution is 0.0261. The number of benzene rings is 1. The highest BCUT2D eigenvalue weighted by atomic mass is 35.7. The number of nitrogen functional groups attached to an aromatic ring is 1. The Labute approximate surface area is 198 Å². The topological polar surface area (TPSA) is 86.8 Å². The highest BCUT2D eigenvalue weighted by molar-refractivity contribution is 8.13.